The molecule has 0 heterocycles. The van der Waals surface area contributed by atoms with Crippen molar-refractivity contribution in [1.29, 1.82) is 0 Å². The van der Waals surface area contributed by atoms with Crippen molar-refractivity contribution < 1.29 is 14.3 Å². The molecule has 0 fully saturated rings. The predicted molar refractivity (Wildman–Crippen MR) is 83.7 cm³/mol. The number of carbonyl (C=O) groups excluding carboxylic acids is 2. The van der Waals surface area contributed by atoms with Crippen LogP contribution in [0.15, 0.2) is 30.3 Å². The number of carbonyl (C=O) groups is 2. The molecule has 1 rings (SSSR count). The van der Waals surface area contributed by atoms with E-state index < -0.39 is 12.1 Å². The molecule has 0 saturated heterocycles. The summed E-state index contributed by atoms with van der Waals surface area (Å²) in [6.07, 6.45) is 2.17. The SMILES string of the molecule is Cc1ccc(/C=C/C(=O)O[C@H](C)C(=O)NC(C)(C)C)cc1. The third-order valence-electron chi connectivity index (χ3n) is 2.65. The molecule has 0 aliphatic carbocycles. The van der Waals surface area contributed by atoms with Crippen molar-refractivity contribution in [1.82, 2.24) is 5.32 Å². The van der Waals surface area contributed by atoms with E-state index in [0.29, 0.717) is 0 Å². The highest BCUT2D eigenvalue weighted by molar-refractivity contribution is 5.90. The second-order valence-corrected chi connectivity index (χ2v) is 6.06. The topological polar surface area (TPSA) is 55.4 Å². The molecule has 4 heteroatoms. The summed E-state index contributed by atoms with van der Waals surface area (Å²) in [7, 11) is 0. The summed E-state index contributed by atoms with van der Waals surface area (Å²) in [5, 5.41) is 2.76. The minimum absolute atomic E-state index is 0.306. The highest BCUT2D eigenvalue weighted by Crippen LogP contribution is 2.06. The normalized spacial score (nSPS) is 13.0. The van der Waals surface area contributed by atoms with Crippen LogP contribution >= 0.6 is 0 Å². The zero-order valence-corrected chi connectivity index (χ0v) is 13.3. The van der Waals surface area contributed by atoms with Crippen LogP contribution in [-0.2, 0) is 14.3 Å². The monoisotopic (exact) mass is 289 g/mol. The Balaban J connectivity index is 2.53. The summed E-state index contributed by atoms with van der Waals surface area (Å²) >= 11 is 0. The van der Waals surface area contributed by atoms with Crippen LogP contribution in [0.25, 0.3) is 6.08 Å². The molecule has 0 aliphatic rings. The van der Waals surface area contributed by atoms with Crippen LogP contribution in [0.5, 0.6) is 0 Å². The van der Waals surface area contributed by atoms with E-state index in [1.165, 1.54) is 6.08 Å². The Bertz CT molecular complexity index is 524. The van der Waals surface area contributed by atoms with Crippen LogP contribution in [0.3, 0.4) is 0 Å². The van der Waals surface area contributed by atoms with Gasteiger partial charge in [-0.15, -0.1) is 0 Å². The van der Waals surface area contributed by atoms with E-state index >= 15 is 0 Å². The molecule has 0 spiro atoms. The Hall–Kier alpha value is -2.10. The van der Waals surface area contributed by atoms with Gasteiger partial charge in [-0.2, -0.15) is 0 Å². The molecule has 0 radical (unpaired) electrons. The lowest BCUT2D eigenvalue weighted by Crippen LogP contribution is -2.46. The number of aryl methyl sites for hydroxylation is 1. The summed E-state index contributed by atoms with van der Waals surface area (Å²) in [4.78, 5) is 23.5. The molecule has 0 unspecified atom stereocenters. The van der Waals surface area contributed by atoms with Crippen molar-refractivity contribution >= 4 is 18.0 Å². The maximum absolute atomic E-state index is 11.8. The minimum atomic E-state index is -0.820. The standard InChI is InChI=1S/C17H23NO3/c1-12-6-8-14(9-7-12)10-11-15(19)21-13(2)16(20)18-17(3,4)5/h6-11,13H,1-5H3,(H,18,20)/b11-10+/t13-/m1/s1. The number of hydrogen-bond donors (Lipinski definition) is 1. The lowest BCUT2D eigenvalue weighted by atomic mass is 10.1. The van der Waals surface area contributed by atoms with Crippen LogP contribution < -0.4 is 5.32 Å². The fraction of sp³-hybridized carbons (Fsp3) is 0.412. The molecule has 1 amide bonds. The molecule has 4 nitrogen and oxygen atoms in total. The summed E-state index contributed by atoms with van der Waals surface area (Å²) in [6, 6.07) is 7.75. The van der Waals surface area contributed by atoms with E-state index in [1.807, 2.05) is 52.0 Å². The summed E-state index contributed by atoms with van der Waals surface area (Å²) in [5.74, 6) is -0.841. The number of hydrogen-bond acceptors (Lipinski definition) is 3. The highest BCUT2D eigenvalue weighted by atomic mass is 16.5. The molecule has 0 aromatic heterocycles. The van der Waals surface area contributed by atoms with Gasteiger partial charge in [-0.05, 0) is 46.3 Å². The van der Waals surface area contributed by atoms with Crippen molar-refractivity contribution in [2.24, 2.45) is 0 Å². The lowest BCUT2D eigenvalue weighted by molar-refractivity contribution is -0.150. The Kier molecular flexibility index (Phi) is 5.70. The summed E-state index contributed by atoms with van der Waals surface area (Å²) in [6.45, 7) is 9.17. The molecule has 1 aromatic rings. The summed E-state index contributed by atoms with van der Waals surface area (Å²) < 4.78 is 5.07. The number of amides is 1. The second kappa shape index (κ2) is 7.07. The van der Waals surface area contributed by atoms with Crippen molar-refractivity contribution in [3.05, 3.63) is 41.5 Å². The molecule has 21 heavy (non-hydrogen) atoms. The van der Waals surface area contributed by atoms with E-state index in [2.05, 4.69) is 5.32 Å². The second-order valence-electron chi connectivity index (χ2n) is 6.06. The molecule has 1 aromatic carbocycles. The molecule has 0 bridgehead atoms. The molecule has 114 valence electrons. The summed E-state index contributed by atoms with van der Waals surface area (Å²) in [5.41, 5.74) is 1.71. The smallest absolute Gasteiger partial charge is 0.331 e. The number of rotatable bonds is 4. The third kappa shape index (κ3) is 6.75. The largest absolute Gasteiger partial charge is 0.449 e. The van der Waals surface area contributed by atoms with Gasteiger partial charge in [0.15, 0.2) is 6.10 Å². The Morgan fingerprint density at radius 1 is 1.19 bits per heavy atom. The van der Waals surface area contributed by atoms with Crippen molar-refractivity contribution in [2.45, 2.75) is 46.3 Å². The van der Waals surface area contributed by atoms with Gasteiger partial charge in [-0.3, -0.25) is 4.79 Å². The zero-order chi connectivity index (χ0) is 16.0. The number of ether oxygens (including phenoxy) is 1. The van der Waals surface area contributed by atoms with Crippen LogP contribution in [-0.4, -0.2) is 23.5 Å². The van der Waals surface area contributed by atoms with Gasteiger partial charge >= 0.3 is 5.97 Å². The van der Waals surface area contributed by atoms with Gasteiger partial charge in [0.2, 0.25) is 0 Å². The Morgan fingerprint density at radius 2 is 1.76 bits per heavy atom. The highest BCUT2D eigenvalue weighted by Gasteiger charge is 2.21. The maximum Gasteiger partial charge on any atom is 0.331 e. The molecular formula is C17H23NO3. The van der Waals surface area contributed by atoms with Gasteiger partial charge in [-0.1, -0.05) is 29.8 Å². The molecule has 1 atom stereocenters. The van der Waals surface area contributed by atoms with Crippen LogP contribution in [0.1, 0.15) is 38.8 Å². The van der Waals surface area contributed by atoms with Crippen LogP contribution in [0.4, 0.5) is 0 Å². The van der Waals surface area contributed by atoms with Gasteiger partial charge < -0.3 is 10.1 Å². The lowest BCUT2D eigenvalue weighted by Gasteiger charge is -2.22. The number of benzene rings is 1. The first kappa shape index (κ1) is 17.0. The fourth-order valence-electron chi connectivity index (χ4n) is 1.58. The quantitative estimate of drug-likeness (QED) is 0.685. The van der Waals surface area contributed by atoms with Gasteiger partial charge in [0.25, 0.3) is 5.91 Å². The van der Waals surface area contributed by atoms with E-state index in [9.17, 15) is 9.59 Å². The number of nitrogens with one attached hydrogen (secondary N) is 1. The zero-order valence-electron chi connectivity index (χ0n) is 13.3. The molecule has 0 aliphatic heterocycles. The average molecular weight is 289 g/mol. The first-order valence-electron chi connectivity index (χ1n) is 6.95. The van der Waals surface area contributed by atoms with E-state index in [1.54, 1.807) is 13.0 Å². The van der Waals surface area contributed by atoms with E-state index in [4.69, 9.17) is 4.74 Å². The molecular weight excluding hydrogens is 266 g/mol. The Morgan fingerprint density at radius 3 is 2.29 bits per heavy atom. The van der Waals surface area contributed by atoms with Crippen molar-refractivity contribution in [3.63, 3.8) is 0 Å². The van der Waals surface area contributed by atoms with Gasteiger partial charge in [0.1, 0.15) is 0 Å². The van der Waals surface area contributed by atoms with Gasteiger partial charge in [0.05, 0.1) is 0 Å². The molecule has 0 saturated carbocycles. The van der Waals surface area contributed by atoms with Crippen molar-refractivity contribution in [2.75, 3.05) is 0 Å². The van der Waals surface area contributed by atoms with Gasteiger partial charge in [-0.25, -0.2) is 4.79 Å². The van der Waals surface area contributed by atoms with E-state index in [-0.39, 0.29) is 11.4 Å². The first-order chi connectivity index (χ1) is 9.67. The Labute approximate surface area is 126 Å². The third-order valence-corrected chi connectivity index (χ3v) is 2.65. The van der Waals surface area contributed by atoms with Gasteiger partial charge in [0, 0.05) is 11.6 Å². The minimum Gasteiger partial charge on any atom is -0.449 e. The predicted octanol–water partition coefficient (Wildman–Crippen LogP) is 2.85. The van der Waals surface area contributed by atoms with Crippen molar-refractivity contribution in [3.8, 4) is 0 Å². The average Bonchev–Trinajstić information content (AvgIpc) is 2.36. The first-order valence-corrected chi connectivity index (χ1v) is 6.95. The van der Waals surface area contributed by atoms with Crippen LogP contribution in [0, 0.1) is 6.92 Å². The maximum atomic E-state index is 11.8. The van der Waals surface area contributed by atoms with E-state index in [0.717, 1.165) is 11.1 Å². The number of esters is 1. The van der Waals surface area contributed by atoms with Crippen LogP contribution in [0.2, 0.25) is 0 Å². The molecule has 1 N–H and O–H groups in total. The fourth-order valence-corrected chi connectivity index (χ4v) is 1.58.